The van der Waals surface area contributed by atoms with Crippen molar-refractivity contribution in [1.82, 2.24) is 15.1 Å². The van der Waals surface area contributed by atoms with Crippen molar-refractivity contribution in [1.29, 1.82) is 0 Å². The van der Waals surface area contributed by atoms with Gasteiger partial charge in [0.1, 0.15) is 11.6 Å². The second kappa shape index (κ2) is 7.88. The van der Waals surface area contributed by atoms with Crippen LogP contribution in [0.25, 0.3) is 0 Å². The summed E-state index contributed by atoms with van der Waals surface area (Å²) in [6.07, 6.45) is -4.63. The Morgan fingerprint density at radius 2 is 1.90 bits per heavy atom. The summed E-state index contributed by atoms with van der Waals surface area (Å²) in [7, 11) is 1.53. The molecule has 6 nitrogen and oxygen atoms in total. The summed E-state index contributed by atoms with van der Waals surface area (Å²) in [5.74, 6) is -1.08. The zero-order valence-corrected chi connectivity index (χ0v) is 16.2. The second-order valence-electron chi connectivity index (χ2n) is 7.66. The number of hydrogen-bond acceptors (Lipinski definition) is 5. The highest BCUT2D eigenvalue weighted by molar-refractivity contribution is 5.83. The molecule has 0 bridgehead atoms. The molecule has 1 aliphatic heterocycles. The highest BCUT2D eigenvalue weighted by atomic mass is 19.4. The maximum Gasteiger partial charge on any atom is 0.393 e. The van der Waals surface area contributed by atoms with Crippen LogP contribution < -0.4 is 10.5 Å². The lowest BCUT2D eigenvalue weighted by Gasteiger charge is -2.44. The van der Waals surface area contributed by atoms with E-state index in [1.165, 1.54) is 18.1 Å². The second-order valence-corrected chi connectivity index (χ2v) is 7.66. The first-order valence-electron chi connectivity index (χ1n) is 9.18. The lowest BCUT2D eigenvalue weighted by molar-refractivity contribution is -0.202. The predicted octanol–water partition coefficient (Wildman–Crippen LogP) is 3.23. The largest absolute Gasteiger partial charge is 0.497 e. The number of methoxy groups -OCH3 is 1. The molecule has 2 N–H and O–H groups in total. The van der Waals surface area contributed by atoms with Crippen LogP contribution in [0.3, 0.4) is 0 Å². The van der Waals surface area contributed by atoms with Gasteiger partial charge in [0.15, 0.2) is 0 Å². The van der Waals surface area contributed by atoms with E-state index in [0.29, 0.717) is 11.4 Å². The van der Waals surface area contributed by atoms with Gasteiger partial charge in [0.05, 0.1) is 24.1 Å². The number of benzene rings is 1. The molecule has 3 rings (SSSR count). The van der Waals surface area contributed by atoms with Gasteiger partial charge >= 0.3 is 6.18 Å². The molecule has 1 saturated heterocycles. The molecule has 2 aromatic rings. The molecular weight excluding hydrogens is 385 g/mol. The van der Waals surface area contributed by atoms with Gasteiger partial charge in [-0.05, 0) is 36.2 Å². The summed E-state index contributed by atoms with van der Waals surface area (Å²) in [5.41, 5.74) is 5.45. The Balaban J connectivity index is 1.86. The van der Waals surface area contributed by atoms with E-state index < -0.39 is 17.5 Å². The molecule has 2 atom stereocenters. The molecule has 0 saturated carbocycles. The normalized spacial score (nSPS) is 22.6. The van der Waals surface area contributed by atoms with E-state index in [1.807, 2.05) is 0 Å². The third-order valence-corrected chi connectivity index (χ3v) is 5.25. The van der Waals surface area contributed by atoms with Crippen LogP contribution in [0.5, 0.6) is 5.75 Å². The van der Waals surface area contributed by atoms with Crippen LogP contribution in [0.4, 0.5) is 19.0 Å². The molecule has 2 heterocycles. The molecule has 0 spiro atoms. The number of likely N-dealkylation sites (tertiary alicyclic amines) is 1. The number of alkyl halides is 3. The fraction of sp³-hybridized carbons (Fsp3) is 0.450. The van der Waals surface area contributed by atoms with Gasteiger partial charge in [0, 0.05) is 19.5 Å². The molecule has 29 heavy (non-hydrogen) atoms. The van der Waals surface area contributed by atoms with Crippen LogP contribution in [0.2, 0.25) is 0 Å². The van der Waals surface area contributed by atoms with Crippen LogP contribution in [-0.4, -0.2) is 40.8 Å². The molecule has 9 heteroatoms. The number of carbonyl (C=O) groups excluding carboxylic acids is 1. The summed E-state index contributed by atoms with van der Waals surface area (Å²) in [6, 6.07) is 10.0. The van der Waals surface area contributed by atoms with E-state index in [0.717, 1.165) is 5.56 Å². The van der Waals surface area contributed by atoms with Gasteiger partial charge in [-0.15, -0.1) is 5.10 Å². The first-order valence-corrected chi connectivity index (χ1v) is 9.18. The fourth-order valence-electron chi connectivity index (χ4n) is 3.75. The van der Waals surface area contributed by atoms with E-state index in [4.69, 9.17) is 10.5 Å². The number of ether oxygens (including phenoxy) is 1. The molecule has 1 amide bonds. The van der Waals surface area contributed by atoms with Crippen LogP contribution in [0.1, 0.15) is 24.6 Å². The first kappa shape index (κ1) is 20.9. The number of anilines is 1. The van der Waals surface area contributed by atoms with Gasteiger partial charge in [0.25, 0.3) is 0 Å². The smallest absolute Gasteiger partial charge is 0.393 e. The van der Waals surface area contributed by atoms with E-state index in [1.54, 1.807) is 37.3 Å². The molecular formula is C20H23F3N4O2. The molecule has 0 aliphatic carbocycles. The number of nitrogen functional groups attached to an aromatic ring is 1. The van der Waals surface area contributed by atoms with Crippen molar-refractivity contribution in [3.8, 4) is 5.75 Å². The maximum atomic E-state index is 13.6. The first-order chi connectivity index (χ1) is 13.6. The number of hydrogen-bond donors (Lipinski definition) is 1. The topological polar surface area (TPSA) is 81.3 Å². The van der Waals surface area contributed by atoms with Crippen molar-refractivity contribution in [2.75, 3.05) is 19.4 Å². The Morgan fingerprint density at radius 1 is 1.21 bits per heavy atom. The Labute approximate surface area is 166 Å². The molecule has 1 aromatic carbocycles. The Hall–Kier alpha value is -2.84. The average Bonchev–Trinajstić information content (AvgIpc) is 2.67. The van der Waals surface area contributed by atoms with E-state index in [-0.39, 0.29) is 37.7 Å². The standard InChI is InChI=1S/C20H23F3N4O2/c1-19(10-15-5-8-17(24)26-25-15)9-14(20(21,22)23)12-27(18(19)28)11-13-3-6-16(29-2)7-4-13/h3-8,14H,9-12H2,1-2H3,(H2,24,26). The summed E-state index contributed by atoms with van der Waals surface area (Å²) < 4.78 is 45.9. The highest BCUT2D eigenvalue weighted by Gasteiger charge is 2.52. The SMILES string of the molecule is COc1ccc(CN2CC(C(F)(F)F)CC(C)(Cc3ccc(N)nn3)C2=O)cc1. The van der Waals surface area contributed by atoms with Crippen LogP contribution in [0.15, 0.2) is 36.4 Å². The summed E-state index contributed by atoms with van der Waals surface area (Å²) in [5, 5.41) is 7.67. The summed E-state index contributed by atoms with van der Waals surface area (Å²) >= 11 is 0. The number of aromatic nitrogens is 2. The number of piperidine rings is 1. The van der Waals surface area contributed by atoms with Crippen molar-refractivity contribution in [2.24, 2.45) is 11.3 Å². The van der Waals surface area contributed by atoms with Gasteiger partial charge in [-0.2, -0.15) is 18.3 Å². The quantitative estimate of drug-likeness (QED) is 0.822. The van der Waals surface area contributed by atoms with Crippen molar-refractivity contribution in [3.05, 3.63) is 47.7 Å². The van der Waals surface area contributed by atoms with Crippen LogP contribution >= 0.6 is 0 Å². The minimum atomic E-state index is -4.40. The van der Waals surface area contributed by atoms with E-state index in [9.17, 15) is 18.0 Å². The third kappa shape index (κ3) is 4.78. The molecule has 0 radical (unpaired) electrons. The lowest BCUT2D eigenvalue weighted by Crippen LogP contribution is -2.54. The van der Waals surface area contributed by atoms with E-state index >= 15 is 0 Å². The number of rotatable bonds is 5. The Kier molecular flexibility index (Phi) is 5.68. The Bertz CT molecular complexity index is 856. The molecule has 1 aliphatic rings. The minimum absolute atomic E-state index is 0.0603. The maximum absolute atomic E-state index is 13.6. The number of halogens is 3. The zero-order chi connectivity index (χ0) is 21.2. The minimum Gasteiger partial charge on any atom is -0.497 e. The Morgan fingerprint density at radius 3 is 2.45 bits per heavy atom. The van der Waals surface area contributed by atoms with Gasteiger partial charge in [0.2, 0.25) is 5.91 Å². The summed E-state index contributed by atoms with van der Waals surface area (Å²) in [4.78, 5) is 14.5. The monoisotopic (exact) mass is 408 g/mol. The lowest BCUT2D eigenvalue weighted by atomic mass is 9.72. The molecule has 156 valence electrons. The molecule has 1 aromatic heterocycles. The third-order valence-electron chi connectivity index (χ3n) is 5.25. The van der Waals surface area contributed by atoms with Crippen molar-refractivity contribution < 1.29 is 22.7 Å². The average molecular weight is 408 g/mol. The molecule has 1 fully saturated rings. The number of amides is 1. The summed E-state index contributed by atoms with van der Waals surface area (Å²) in [6.45, 7) is 1.29. The molecule has 2 unspecified atom stereocenters. The van der Waals surface area contributed by atoms with Gasteiger partial charge in [-0.1, -0.05) is 19.1 Å². The van der Waals surface area contributed by atoms with Crippen molar-refractivity contribution in [3.63, 3.8) is 0 Å². The van der Waals surface area contributed by atoms with Crippen LogP contribution in [0, 0.1) is 11.3 Å². The van der Waals surface area contributed by atoms with Gasteiger partial charge in [-0.3, -0.25) is 4.79 Å². The fourth-order valence-corrected chi connectivity index (χ4v) is 3.75. The number of carbonyl (C=O) groups is 1. The van der Waals surface area contributed by atoms with Gasteiger partial charge in [-0.25, -0.2) is 0 Å². The zero-order valence-electron chi connectivity index (χ0n) is 16.2. The van der Waals surface area contributed by atoms with Crippen molar-refractivity contribution in [2.45, 2.75) is 32.5 Å². The van der Waals surface area contributed by atoms with Gasteiger partial charge < -0.3 is 15.4 Å². The van der Waals surface area contributed by atoms with Crippen molar-refractivity contribution >= 4 is 11.7 Å². The number of nitrogens with zero attached hydrogens (tertiary/aromatic N) is 3. The van der Waals surface area contributed by atoms with E-state index in [2.05, 4.69) is 10.2 Å². The predicted molar refractivity (Wildman–Crippen MR) is 101 cm³/mol. The highest BCUT2D eigenvalue weighted by Crippen LogP contribution is 2.43. The van der Waals surface area contributed by atoms with Crippen LogP contribution in [-0.2, 0) is 17.8 Å². The number of nitrogens with two attached hydrogens (primary N) is 1.